The number of piperidine rings is 1. The third kappa shape index (κ3) is 8.67. The lowest BCUT2D eigenvalue weighted by Crippen LogP contribution is -2.43. The van der Waals surface area contributed by atoms with E-state index in [1.807, 2.05) is 33.0 Å². The maximum Gasteiger partial charge on any atom is 0.410 e. The Labute approximate surface area is 221 Å². The lowest BCUT2D eigenvalue weighted by molar-refractivity contribution is 0.0160. The normalized spacial score (nSPS) is 17.8. The number of hydrogen-bond donors (Lipinski definition) is 2. The minimum atomic E-state index is -3.92. The van der Waals surface area contributed by atoms with E-state index in [1.165, 1.54) is 6.07 Å². The van der Waals surface area contributed by atoms with Gasteiger partial charge in [-0.15, -0.1) is 0 Å². The molecule has 204 valence electrons. The SMILES string of the molecule is CC(C)(C)OC(=O)N1CCC[C@H](CCC(Nc2cccc(S(N)(=O)=O)n2)c2cc(C(C)(C)C)ccn2)C1. The highest BCUT2D eigenvalue weighted by Gasteiger charge is 2.28. The lowest BCUT2D eigenvalue weighted by Gasteiger charge is -2.34. The molecule has 0 radical (unpaired) electrons. The average Bonchev–Trinajstić information content (AvgIpc) is 2.80. The van der Waals surface area contributed by atoms with Crippen LogP contribution in [-0.2, 0) is 20.2 Å². The molecule has 0 spiro atoms. The van der Waals surface area contributed by atoms with Crippen LogP contribution in [0.2, 0.25) is 0 Å². The van der Waals surface area contributed by atoms with Gasteiger partial charge in [0.1, 0.15) is 11.4 Å². The van der Waals surface area contributed by atoms with Gasteiger partial charge < -0.3 is 15.0 Å². The number of carbonyl (C=O) groups excluding carboxylic acids is 1. The number of aromatic nitrogens is 2. The molecule has 1 saturated heterocycles. The molecule has 0 bridgehead atoms. The quantitative estimate of drug-likeness (QED) is 0.514. The van der Waals surface area contributed by atoms with Crippen LogP contribution in [-0.4, -0.2) is 48.1 Å². The highest BCUT2D eigenvalue weighted by atomic mass is 32.2. The summed E-state index contributed by atoms with van der Waals surface area (Å²) in [6, 6.07) is 8.62. The summed E-state index contributed by atoms with van der Waals surface area (Å²) in [7, 11) is -3.92. The number of sulfonamides is 1. The number of rotatable bonds is 7. The van der Waals surface area contributed by atoms with Gasteiger partial charge in [0.2, 0.25) is 0 Å². The summed E-state index contributed by atoms with van der Waals surface area (Å²) < 4.78 is 29.2. The first-order valence-corrected chi connectivity index (χ1v) is 14.4. The number of nitrogens with one attached hydrogen (secondary N) is 1. The Morgan fingerprint density at radius 1 is 1.22 bits per heavy atom. The van der Waals surface area contributed by atoms with E-state index < -0.39 is 15.6 Å². The van der Waals surface area contributed by atoms with E-state index >= 15 is 0 Å². The molecule has 2 aromatic rings. The number of nitrogens with two attached hydrogens (primary N) is 1. The summed E-state index contributed by atoms with van der Waals surface area (Å²) in [6.07, 6.45) is 5.08. The molecule has 2 atom stereocenters. The Kier molecular flexibility index (Phi) is 8.85. The smallest absolute Gasteiger partial charge is 0.410 e. The van der Waals surface area contributed by atoms with Crippen LogP contribution < -0.4 is 10.5 Å². The number of amides is 1. The fraction of sp³-hybridized carbons (Fsp3) is 0.593. The van der Waals surface area contributed by atoms with Gasteiger partial charge in [-0.3, -0.25) is 4.98 Å². The van der Waals surface area contributed by atoms with Gasteiger partial charge >= 0.3 is 6.09 Å². The van der Waals surface area contributed by atoms with Crippen LogP contribution in [0.1, 0.15) is 84.5 Å². The van der Waals surface area contributed by atoms with Crippen LogP contribution in [0.25, 0.3) is 0 Å². The van der Waals surface area contributed by atoms with E-state index in [0.29, 0.717) is 24.8 Å². The second kappa shape index (κ2) is 11.3. The average molecular weight is 532 g/mol. The minimum Gasteiger partial charge on any atom is -0.444 e. The largest absolute Gasteiger partial charge is 0.444 e. The van der Waals surface area contributed by atoms with E-state index in [0.717, 1.165) is 36.9 Å². The number of hydrogen-bond acceptors (Lipinski definition) is 7. The molecule has 0 saturated carbocycles. The summed E-state index contributed by atoms with van der Waals surface area (Å²) in [4.78, 5) is 23.3. The molecule has 1 amide bonds. The number of primary sulfonamides is 1. The second-order valence-electron chi connectivity index (χ2n) is 11.8. The maximum absolute atomic E-state index is 12.6. The number of pyridine rings is 2. The van der Waals surface area contributed by atoms with Gasteiger partial charge in [0, 0.05) is 19.3 Å². The van der Waals surface area contributed by atoms with Crippen LogP contribution in [0.3, 0.4) is 0 Å². The summed E-state index contributed by atoms with van der Waals surface area (Å²) >= 11 is 0. The molecule has 37 heavy (non-hydrogen) atoms. The monoisotopic (exact) mass is 531 g/mol. The van der Waals surface area contributed by atoms with Crippen LogP contribution >= 0.6 is 0 Å². The number of nitrogens with zero attached hydrogens (tertiary/aromatic N) is 3. The molecule has 3 N–H and O–H groups in total. The van der Waals surface area contributed by atoms with Crippen molar-refractivity contribution < 1.29 is 17.9 Å². The van der Waals surface area contributed by atoms with Crippen LogP contribution in [0.5, 0.6) is 0 Å². The molecule has 1 fully saturated rings. The third-order valence-corrected chi connectivity index (χ3v) is 7.19. The predicted molar refractivity (Wildman–Crippen MR) is 145 cm³/mol. The number of likely N-dealkylation sites (tertiary alicyclic amines) is 1. The van der Waals surface area contributed by atoms with Crippen molar-refractivity contribution in [2.24, 2.45) is 11.1 Å². The van der Waals surface area contributed by atoms with E-state index in [-0.39, 0.29) is 22.6 Å². The lowest BCUT2D eigenvalue weighted by atomic mass is 9.86. The summed E-state index contributed by atoms with van der Waals surface area (Å²) in [5.41, 5.74) is 1.44. The van der Waals surface area contributed by atoms with Crippen molar-refractivity contribution >= 4 is 21.9 Å². The van der Waals surface area contributed by atoms with E-state index in [9.17, 15) is 13.2 Å². The van der Waals surface area contributed by atoms with Crippen molar-refractivity contribution in [1.29, 1.82) is 0 Å². The van der Waals surface area contributed by atoms with Crippen molar-refractivity contribution in [2.45, 2.75) is 89.3 Å². The molecule has 3 rings (SSSR count). The van der Waals surface area contributed by atoms with Gasteiger partial charge in [-0.25, -0.2) is 23.3 Å². The Bertz CT molecular complexity index is 1190. The van der Waals surface area contributed by atoms with Crippen LogP contribution in [0.4, 0.5) is 10.6 Å². The number of anilines is 1. The van der Waals surface area contributed by atoms with Gasteiger partial charge in [0.15, 0.2) is 5.03 Å². The van der Waals surface area contributed by atoms with Crippen molar-refractivity contribution in [1.82, 2.24) is 14.9 Å². The zero-order valence-corrected chi connectivity index (χ0v) is 23.6. The van der Waals surface area contributed by atoms with Gasteiger partial charge in [0.05, 0.1) is 11.7 Å². The fourth-order valence-electron chi connectivity index (χ4n) is 4.43. The Morgan fingerprint density at radius 3 is 2.59 bits per heavy atom. The number of ether oxygens (including phenoxy) is 1. The van der Waals surface area contributed by atoms with Crippen molar-refractivity contribution in [2.75, 3.05) is 18.4 Å². The third-order valence-electron chi connectivity index (χ3n) is 6.38. The minimum absolute atomic E-state index is 0.0503. The molecule has 1 aliphatic heterocycles. The summed E-state index contributed by atoms with van der Waals surface area (Å²) in [6.45, 7) is 13.4. The standard InChI is InChI=1S/C27H41N5O4S/c1-26(2,3)20-14-15-29-22(17-20)21(30-23-10-7-11-24(31-23)37(28,34)35)13-12-19-9-8-16-32(18-19)25(33)36-27(4,5)6/h7,10-11,14-15,17,19,21H,8-9,12-13,16,18H2,1-6H3,(H,30,31)(H2,28,34,35)/t19-,21?/m1/s1. The molecule has 9 nitrogen and oxygen atoms in total. The van der Waals surface area contributed by atoms with E-state index in [4.69, 9.17) is 9.88 Å². The predicted octanol–water partition coefficient (Wildman–Crippen LogP) is 5.00. The molecule has 1 aliphatic rings. The first-order valence-electron chi connectivity index (χ1n) is 12.8. The maximum atomic E-state index is 12.6. The van der Waals surface area contributed by atoms with Crippen molar-refractivity contribution in [3.8, 4) is 0 Å². The Morgan fingerprint density at radius 2 is 1.95 bits per heavy atom. The molecule has 10 heteroatoms. The fourth-order valence-corrected chi connectivity index (χ4v) is 4.92. The van der Waals surface area contributed by atoms with Crippen LogP contribution in [0, 0.1) is 5.92 Å². The van der Waals surface area contributed by atoms with Crippen LogP contribution in [0.15, 0.2) is 41.6 Å². The van der Waals surface area contributed by atoms with Gasteiger partial charge in [-0.1, -0.05) is 26.8 Å². The second-order valence-corrected chi connectivity index (χ2v) is 13.3. The van der Waals surface area contributed by atoms with E-state index in [1.54, 1.807) is 17.0 Å². The molecule has 0 aliphatic carbocycles. The zero-order valence-electron chi connectivity index (χ0n) is 22.8. The molecular formula is C27H41N5O4S. The molecular weight excluding hydrogens is 490 g/mol. The first-order chi connectivity index (χ1) is 17.1. The first kappa shape index (κ1) is 28.8. The van der Waals surface area contributed by atoms with Gasteiger partial charge in [-0.05, 0) is 87.6 Å². The topological polar surface area (TPSA) is 128 Å². The van der Waals surface area contributed by atoms with Crippen molar-refractivity contribution in [3.63, 3.8) is 0 Å². The van der Waals surface area contributed by atoms with Crippen molar-refractivity contribution in [3.05, 3.63) is 47.8 Å². The van der Waals surface area contributed by atoms with Gasteiger partial charge in [-0.2, -0.15) is 0 Å². The summed E-state index contributed by atoms with van der Waals surface area (Å²) in [5, 5.41) is 8.50. The zero-order chi connectivity index (χ0) is 27.4. The molecule has 1 unspecified atom stereocenters. The van der Waals surface area contributed by atoms with Gasteiger partial charge in [0.25, 0.3) is 10.0 Å². The highest BCUT2D eigenvalue weighted by molar-refractivity contribution is 7.89. The molecule has 2 aromatic heterocycles. The molecule has 3 heterocycles. The Balaban J connectivity index is 1.80. The highest BCUT2D eigenvalue weighted by Crippen LogP contribution is 2.31. The number of carbonyl (C=O) groups is 1. The Hall–Kier alpha value is -2.72. The summed E-state index contributed by atoms with van der Waals surface area (Å²) in [5.74, 6) is 0.735. The molecule has 0 aromatic carbocycles. The van der Waals surface area contributed by atoms with E-state index in [2.05, 4.69) is 42.1 Å².